The number of aromatic amines is 1. The van der Waals surface area contributed by atoms with Gasteiger partial charge in [-0.1, -0.05) is 18.7 Å². The standard InChI is InChI=1S/C14H12BrF3N8OS/c1-2-6(28-11-7-9(22-4-21-7)24-12(19)26-11)10(27)25-13-20-3-5(15)8(23-13)14(16,17)18/h3-4,6H,2H2,1H3,(H,20,23,25,27)(H3,19,21,22,24,26)/t6-/m0/s1. The summed E-state index contributed by atoms with van der Waals surface area (Å²) in [6.45, 7) is 1.75. The summed E-state index contributed by atoms with van der Waals surface area (Å²) in [6, 6.07) is 0. The van der Waals surface area contributed by atoms with Crippen LogP contribution in [0.3, 0.4) is 0 Å². The Labute approximate surface area is 168 Å². The summed E-state index contributed by atoms with van der Waals surface area (Å²) in [5.41, 5.74) is 5.32. The fourth-order valence-electron chi connectivity index (χ4n) is 2.18. The molecule has 0 saturated carbocycles. The number of rotatable bonds is 5. The number of halogens is 4. The van der Waals surface area contributed by atoms with Crippen LogP contribution in [0, 0.1) is 0 Å². The smallest absolute Gasteiger partial charge is 0.368 e. The molecule has 0 spiro atoms. The van der Waals surface area contributed by atoms with E-state index in [4.69, 9.17) is 5.73 Å². The first-order chi connectivity index (χ1) is 13.2. The molecule has 9 nitrogen and oxygen atoms in total. The highest BCUT2D eigenvalue weighted by atomic mass is 79.9. The summed E-state index contributed by atoms with van der Waals surface area (Å²) in [5, 5.41) is 2.01. The van der Waals surface area contributed by atoms with E-state index in [-0.39, 0.29) is 10.4 Å². The second kappa shape index (κ2) is 7.87. The number of hydrogen-bond acceptors (Lipinski definition) is 8. The number of nitrogens with two attached hydrogens (primary N) is 1. The van der Waals surface area contributed by atoms with Crippen LogP contribution in [0.1, 0.15) is 19.0 Å². The van der Waals surface area contributed by atoms with Crippen molar-refractivity contribution in [1.29, 1.82) is 0 Å². The third kappa shape index (κ3) is 4.32. The first kappa shape index (κ1) is 20.3. The number of nitrogen functional groups attached to an aromatic ring is 1. The third-order valence-corrected chi connectivity index (χ3v) is 5.37. The number of alkyl halides is 3. The van der Waals surface area contributed by atoms with Gasteiger partial charge in [-0.05, 0) is 22.4 Å². The van der Waals surface area contributed by atoms with Crippen LogP contribution in [0.15, 0.2) is 22.0 Å². The largest absolute Gasteiger partial charge is 0.434 e. The Balaban J connectivity index is 1.82. The average Bonchev–Trinajstić information content (AvgIpc) is 3.08. The van der Waals surface area contributed by atoms with Crippen LogP contribution >= 0.6 is 27.7 Å². The van der Waals surface area contributed by atoms with Gasteiger partial charge in [-0.25, -0.2) is 19.9 Å². The lowest BCUT2D eigenvalue weighted by Crippen LogP contribution is -2.26. The van der Waals surface area contributed by atoms with Crippen molar-refractivity contribution in [3.05, 3.63) is 22.7 Å². The molecule has 3 aromatic rings. The number of nitrogens with one attached hydrogen (secondary N) is 2. The Hall–Kier alpha value is -2.48. The number of imidazole rings is 1. The molecular formula is C14H12BrF3N8OS. The van der Waals surface area contributed by atoms with Crippen LogP contribution in [-0.2, 0) is 11.0 Å². The minimum absolute atomic E-state index is 0.0107. The van der Waals surface area contributed by atoms with Gasteiger partial charge in [0.1, 0.15) is 10.5 Å². The van der Waals surface area contributed by atoms with Gasteiger partial charge in [0, 0.05) is 6.20 Å². The van der Waals surface area contributed by atoms with Gasteiger partial charge in [0.15, 0.2) is 11.3 Å². The second-order valence-electron chi connectivity index (χ2n) is 5.38. The number of amides is 1. The van der Waals surface area contributed by atoms with E-state index in [9.17, 15) is 18.0 Å². The lowest BCUT2D eigenvalue weighted by Gasteiger charge is -2.15. The van der Waals surface area contributed by atoms with E-state index in [1.165, 1.54) is 6.33 Å². The van der Waals surface area contributed by atoms with E-state index in [1.807, 2.05) is 0 Å². The number of hydrogen-bond donors (Lipinski definition) is 3. The summed E-state index contributed by atoms with van der Waals surface area (Å²) in [4.78, 5) is 34.6. The van der Waals surface area contributed by atoms with Crippen molar-refractivity contribution < 1.29 is 18.0 Å². The quantitative estimate of drug-likeness (QED) is 0.377. The van der Waals surface area contributed by atoms with Crippen LogP contribution in [0.5, 0.6) is 0 Å². The molecule has 1 amide bonds. The van der Waals surface area contributed by atoms with Crippen molar-refractivity contribution in [2.45, 2.75) is 29.8 Å². The van der Waals surface area contributed by atoms with Gasteiger partial charge in [-0.3, -0.25) is 10.1 Å². The summed E-state index contributed by atoms with van der Waals surface area (Å²) < 4.78 is 38.6. The molecule has 0 fully saturated rings. The lowest BCUT2D eigenvalue weighted by atomic mass is 10.3. The van der Waals surface area contributed by atoms with Gasteiger partial charge >= 0.3 is 6.18 Å². The molecule has 0 radical (unpaired) electrons. The fraction of sp³-hybridized carbons (Fsp3) is 0.286. The second-order valence-corrected chi connectivity index (χ2v) is 7.43. The van der Waals surface area contributed by atoms with E-state index >= 15 is 0 Å². The van der Waals surface area contributed by atoms with Crippen LogP contribution in [0.25, 0.3) is 11.2 Å². The summed E-state index contributed by atoms with van der Waals surface area (Å²) in [6.07, 6.45) is -1.99. The summed E-state index contributed by atoms with van der Waals surface area (Å²) >= 11 is 3.82. The van der Waals surface area contributed by atoms with Gasteiger partial charge in [0.25, 0.3) is 0 Å². The topological polar surface area (TPSA) is 135 Å². The maximum Gasteiger partial charge on any atom is 0.434 e. The van der Waals surface area contributed by atoms with Gasteiger partial charge < -0.3 is 10.7 Å². The number of aromatic nitrogens is 6. The molecule has 1 atom stereocenters. The SMILES string of the molecule is CC[C@H](Sc1nc(N)nc2nc[nH]c12)C(=O)Nc1ncc(Br)c(C(F)(F)F)n1. The lowest BCUT2D eigenvalue weighted by molar-refractivity contribution is -0.141. The van der Waals surface area contributed by atoms with E-state index in [1.54, 1.807) is 6.92 Å². The van der Waals surface area contributed by atoms with E-state index < -0.39 is 29.0 Å². The minimum Gasteiger partial charge on any atom is -0.368 e. The van der Waals surface area contributed by atoms with Crippen LogP contribution in [-0.4, -0.2) is 41.1 Å². The van der Waals surface area contributed by atoms with Crippen molar-refractivity contribution in [3.8, 4) is 0 Å². The van der Waals surface area contributed by atoms with Gasteiger partial charge in [-0.2, -0.15) is 18.2 Å². The van der Waals surface area contributed by atoms with Crippen LogP contribution in [0.2, 0.25) is 0 Å². The average molecular weight is 477 g/mol. The van der Waals surface area contributed by atoms with Gasteiger partial charge in [0.05, 0.1) is 16.0 Å². The maximum atomic E-state index is 13.0. The predicted molar refractivity (Wildman–Crippen MR) is 99.4 cm³/mol. The molecule has 0 saturated heterocycles. The Bertz CT molecular complexity index is 1030. The van der Waals surface area contributed by atoms with Crippen LogP contribution < -0.4 is 11.1 Å². The number of nitrogens with zero attached hydrogens (tertiary/aromatic N) is 5. The third-order valence-electron chi connectivity index (χ3n) is 3.43. The molecule has 0 aliphatic heterocycles. The number of fused-ring (bicyclic) bond motifs is 1. The molecular weight excluding hydrogens is 465 g/mol. The molecule has 3 heterocycles. The normalized spacial score (nSPS) is 12.9. The van der Waals surface area contributed by atoms with Crippen LogP contribution in [0.4, 0.5) is 25.1 Å². The van der Waals surface area contributed by atoms with Crippen molar-refractivity contribution in [2.24, 2.45) is 0 Å². The molecule has 148 valence electrons. The Morgan fingerprint density at radius 1 is 1.36 bits per heavy atom. The Kier molecular flexibility index (Phi) is 5.69. The highest BCUT2D eigenvalue weighted by Gasteiger charge is 2.36. The zero-order chi connectivity index (χ0) is 20.5. The number of anilines is 2. The van der Waals surface area contributed by atoms with Gasteiger partial charge in [0.2, 0.25) is 17.8 Å². The van der Waals surface area contributed by atoms with Gasteiger partial charge in [-0.15, -0.1) is 0 Å². The fourth-order valence-corrected chi connectivity index (χ4v) is 3.61. The monoisotopic (exact) mass is 476 g/mol. The highest BCUT2D eigenvalue weighted by molar-refractivity contribution is 9.10. The molecule has 0 aliphatic carbocycles. The Morgan fingerprint density at radius 2 is 2.11 bits per heavy atom. The first-order valence-electron chi connectivity index (χ1n) is 7.73. The van der Waals surface area contributed by atoms with E-state index in [2.05, 4.69) is 51.2 Å². The van der Waals surface area contributed by atoms with Crippen molar-refractivity contribution in [2.75, 3.05) is 11.1 Å². The zero-order valence-corrected chi connectivity index (χ0v) is 16.5. The molecule has 0 bridgehead atoms. The van der Waals surface area contributed by atoms with Crippen molar-refractivity contribution in [3.63, 3.8) is 0 Å². The number of thioether (sulfide) groups is 1. The molecule has 3 aromatic heterocycles. The minimum atomic E-state index is -4.69. The summed E-state index contributed by atoms with van der Waals surface area (Å²) in [7, 11) is 0. The molecule has 0 unspecified atom stereocenters. The zero-order valence-electron chi connectivity index (χ0n) is 14.1. The highest BCUT2D eigenvalue weighted by Crippen LogP contribution is 2.34. The first-order valence-corrected chi connectivity index (χ1v) is 9.40. The molecule has 28 heavy (non-hydrogen) atoms. The predicted octanol–water partition coefficient (Wildman–Crippen LogP) is 3.02. The molecule has 14 heteroatoms. The number of H-pyrrole nitrogens is 1. The molecule has 0 aliphatic rings. The maximum absolute atomic E-state index is 13.0. The number of carbonyl (C=O) groups excluding carboxylic acids is 1. The van der Waals surface area contributed by atoms with E-state index in [0.717, 1.165) is 18.0 Å². The molecule has 4 N–H and O–H groups in total. The summed E-state index contributed by atoms with van der Waals surface area (Å²) in [5.74, 6) is -1.04. The molecule has 3 rings (SSSR count). The van der Waals surface area contributed by atoms with Crippen molar-refractivity contribution >= 4 is 56.7 Å². The Morgan fingerprint density at radius 3 is 2.79 bits per heavy atom. The molecule has 0 aromatic carbocycles. The van der Waals surface area contributed by atoms with Crippen molar-refractivity contribution in [1.82, 2.24) is 29.9 Å². The van der Waals surface area contributed by atoms with E-state index in [0.29, 0.717) is 22.6 Å². The number of carbonyl (C=O) groups is 1.